The highest BCUT2D eigenvalue weighted by molar-refractivity contribution is 7.12. The SMILES string of the molecule is Cc1sc(CCNC(=O)C2CC(F)(F)CN2)nc1-c1ccccc1. The van der Waals surface area contributed by atoms with Crippen LogP contribution in [-0.4, -0.2) is 35.9 Å². The first kappa shape index (κ1) is 17.0. The van der Waals surface area contributed by atoms with Crippen LogP contribution >= 0.6 is 11.3 Å². The van der Waals surface area contributed by atoms with Crippen molar-refractivity contribution in [3.63, 3.8) is 0 Å². The maximum atomic E-state index is 13.1. The Morgan fingerprint density at radius 3 is 2.83 bits per heavy atom. The highest BCUT2D eigenvalue weighted by Crippen LogP contribution is 2.27. The predicted molar refractivity (Wildman–Crippen MR) is 90.4 cm³/mol. The molecule has 1 fully saturated rings. The Hall–Kier alpha value is -1.86. The molecule has 3 rings (SSSR count). The zero-order valence-corrected chi connectivity index (χ0v) is 14.1. The van der Waals surface area contributed by atoms with Crippen LogP contribution in [0.15, 0.2) is 30.3 Å². The zero-order valence-electron chi connectivity index (χ0n) is 13.3. The lowest BCUT2D eigenvalue weighted by atomic mass is 10.1. The summed E-state index contributed by atoms with van der Waals surface area (Å²) in [6, 6.07) is 9.12. The Labute approximate surface area is 143 Å². The third kappa shape index (κ3) is 3.96. The van der Waals surface area contributed by atoms with Crippen LogP contribution in [0.5, 0.6) is 0 Å². The van der Waals surface area contributed by atoms with E-state index in [-0.39, 0.29) is 5.91 Å². The number of thiazole rings is 1. The number of aromatic nitrogens is 1. The molecule has 1 atom stereocenters. The highest BCUT2D eigenvalue weighted by Gasteiger charge is 2.42. The van der Waals surface area contributed by atoms with Gasteiger partial charge in [-0.15, -0.1) is 11.3 Å². The molecule has 0 bridgehead atoms. The van der Waals surface area contributed by atoms with Gasteiger partial charge in [-0.25, -0.2) is 13.8 Å². The molecule has 2 N–H and O–H groups in total. The van der Waals surface area contributed by atoms with Crippen molar-refractivity contribution < 1.29 is 13.6 Å². The fourth-order valence-electron chi connectivity index (χ4n) is 2.74. The Bertz CT molecular complexity index is 718. The number of hydrogen-bond donors (Lipinski definition) is 2. The van der Waals surface area contributed by atoms with Gasteiger partial charge < -0.3 is 5.32 Å². The van der Waals surface area contributed by atoms with E-state index in [9.17, 15) is 13.6 Å². The van der Waals surface area contributed by atoms with E-state index in [1.54, 1.807) is 11.3 Å². The number of amides is 1. The molecule has 1 aliphatic rings. The van der Waals surface area contributed by atoms with Crippen LogP contribution in [-0.2, 0) is 11.2 Å². The third-order valence-electron chi connectivity index (χ3n) is 3.95. The molecule has 24 heavy (non-hydrogen) atoms. The van der Waals surface area contributed by atoms with Gasteiger partial charge >= 0.3 is 0 Å². The van der Waals surface area contributed by atoms with E-state index in [1.165, 1.54) is 0 Å². The number of halogens is 2. The second-order valence-corrected chi connectivity index (χ2v) is 7.20. The molecule has 0 saturated carbocycles. The number of rotatable bonds is 5. The van der Waals surface area contributed by atoms with Gasteiger partial charge in [0, 0.05) is 29.8 Å². The standard InChI is InChI=1S/C17H19F2N3OS/c1-11-15(12-5-3-2-4-6-12)22-14(24-11)7-8-20-16(23)13-9-17(18,19)10-21-13/h2-6,13,21H,7-10H2,1H3,(H,20,23). The molecule has 4 nitrogen and oxygen atoms in total. The van der Waals surface area contributed by atoms with Crippen molar-refractivity contribution in [3.05, 3.63) is 40.2 Å². The molecule has 1 unspecified atom stereocenters. The Balaban J connectivity index is 1.53. The van der Waals surface area contributed by atoms with E-state index in [1.807, 2.05) is 37.3 Å². The van der Waals surface area contributed by atoms with Gasteiger partial charge in [0.2, 0.25) is 5.91 Å². The van der Waals surface area contributed by atoms with E-state index in [4.69, 9.17) is 0 Å². The number of nitrogens with zero attached hydrogens (tertiary/aromatic N) is 1. The molecular weight excluding hydrogens is 332 g/mol. The van der Waals surface area contributed by atoms with E-state index in [2.05, 4.69) is 15.6 Å². The molecule has 0 aliphatic carbocycles. The topological polar surface area (TPSA) is 54.0 Å². The summed E-state index contributed by atoms with van der Waals surface area (Å²) < 4.78 is 26.2. The fraction of sp³-hybridized carbons (Fsp3) is 0.412. The maximum absolute atomic E-state index is 13.1. The predicted octanol–water partition coefficient (Wildman–Crippen LogP) is 2.77. The van der Waals surface area contributed by atoms with Crippen molar-refractivity contribution in [1.29, 1.82) is 0 Å². The Kier molecular flexibility index (Phi) is 4.91. The van der Waals surface area contributed by atoms with Gasteiger partial charge in [-0.3, -0.25) is 10.1 Å². The molecule has 1 aliphatic heterocycles. The first-order valence-corrected chi connectivity index (χ1v) is 8.67. The fourth-order valence-corrected chi connectivity index (χ4v) is 3.69. The quantitative estimate of drug-likeness (QED) is 0.871. The molecule has 1 amide bonds. The number of hydrogen-bond acceptors (Lipinski definition) is 4. The van der Waals surface area contributed by atoms with Crippen molar-refractivity contribution in [2.75, 3.05) is 13.1 Å². The van der Waals surface area contributed by atoms with Crippen molar-refractivity contribution in [2.45, 2.75) is 31.7 Å². The lowest BCUT2D eigenvalue weighted by Gasteiger charge is -2.10. The number of alkyl halides is 2. The molecular formula is C17H19F2N3OS. The summed E-state index contributed by atoms with van der Waals surface area (Å²) >= 11 is 1.59. The minimum atomic E-state index is -2.79. The van der Waals surface area contributed by atoms with E-state index in [0.717, 1.165) is 21.1 Å². The van der Waals surface area contributed by atoms with Gasteiger partial charge in [-0.1, -0.05) is 30.3 Å². The molecule has 0 radical (unpaired) electrons. The molecule has 0 spiro atoms. The lowest BCUT2D eigenvalue weighted by molar-refractivity contribution is -0.123. The Morgan fingerprint density at radius 1 is 1.42 bits per heavy atom. The minimum absolute atomic E-state index is 0.372. The van der Waals surface area contributed by atoms with Crippen LogP contribution in [0.1, 0.15) is 16.3 Å². The summed E-state index contributed by atoms with van der Waals surface area (Å²) in [4.78, 5) is 17.6. The van der Waals surface area contributed by atoms with Gasteiger partial charge in [0.15, 0.2) is 0 Å². The van der Waals surface area contributed by atoms with Crippen molar-refractivity contribution >= 4 is 17.2 Å². The van der Waals surface area contributed by atoms with Gasteiger partial charge in [-0.2, -0.15) is 0 Å². The highest BCUT2D eigenvalue weighted by atomic mass is 32.1. The van der Waals surface area contributed by atoms with Crippen LogP contribution in [0, 0.1) is 6.92 Å². The normalized spacial score (nSPS) is 19.4. The van der Waals surface area contributed by atoms with Gasteiger partial charge in [0.25, 0.3) is 5.92 Å². The first-order chi connectivity index (χ1) is 11.4. The summed E-state index contributed by atoms with van der Waals surface area (Å²) in [5.41, 5.74) is 2.03. The summed E-state index contributed by atoms with van der Waals surface area (Å²) in [5, 5.41) is 6.19. The average Bonchev–Trinajstić information content (AvgIpc) is 3.10. The van der Waals surface area contributed by atoms with E-state index < -0.39 is 24.9 Å². The molecule has 128 valence electrons. The molecule has 2 heterocycles. The number of carbonyl (C=O) groups is 1. The summed E-state index contributed by atoms with van der Waals surface area (Å²) in [6.45, 7) is 1.98. The third-order valence-corrected chi connectivity index (χ3v) is 4.98. The van der Waals surface area contributed by atoms with Crippen LogP contribution in [0.2, 0.25) is 0 Å². The number of carbonyl (C=O) groups excluding carboxylic acids is 1. The zero-order chi connectivity index (χ0) is 17.2. The van der Waals surface area contributed by atoms with Crippen LogP contribution in [0.3, 0.4) is 0 Å². The Morgan fingerprint density at radius 2 is 2.17 bits per heavy atom. The summed E-state index contributed by atoms with van der Waals surface area (Å²) in [5.74, 6) is -3.16. The molecule has 2 aromatic rings. The monoisotopic (exact) mass is 351 g/mol. The molecule has 1 aromatic carbocycles. The molecule has 1 saturated heterocycles. The second-order valence-electron chi connectivity index (χ2n) is 5.91. The summed E-state index contributed by atoms with van der Waals surface area (Å²) in [7, 11) is 0. The largest absolute Gasteiger partial charge is 0.354 e. The van der Waals surface area contributed by atoms with Crippen LogP contribution < -0.4 is 10.6 Å². The van der Waals surface area contributed by atoms with Crippen molar-refractivity contribution in [1.82, 2.24) is 15.6 Å². The van der Waals surface area contributed by atoms with Gasteiger partial charge in [-0.05, 0) is 6.92 Å². The number of aryl methyl sites for hydroxylation is 1. The van der Waals surface area contributed by atoms with Crippen molar-refractivity contribution in [3.8, 4) is 11.3 Å². The minimum Gasteiger partial charge on any atom is -0.354 e. The van der Waals surface area contributed by atoms with Gasteiger partial charge in [0.05, 0.1) is 23.3 Å². The van der Waals surface area contributed by atoms with Crippen LogP contribution in [0.4, 0.5) is 8.78 Å². The molecule has 1 aromatic heterocycles. The van der Waals surface area contributed by atoms with Crippen molar-refractivity contribution in [2.24, 2.45) is 0 Å². The smallest absolute Gasteiger partial charge is 0.262 e. The number of nitrogens with one attached hydrogen (secondary N) is 2. The average molecular weight is 351 g/mol. The van der Waals surface area contributed by atoms with Gasteiger partial charge in [0.1, 0.15) is 0 Å². The second kappa shape index (κ2) is 6.94. The summed E-state index contributed by atoms with van der Waals surface area (Å²) in [6.07, 6.45) is 0.153. The molecule has 7 heteroatoms. The van der Waals surface area contributed by atoms with E-state index in [0.29, 0.717) is 13.0 Å². The number of benzene rings is 1. The first-order valence-electron chi connectivity index (χ1n) is 7.85. The van der Waals surface area contributed by atoms with E-state index >= 15 is 0 Å². The van der Waals surface area contributed by atoms with Crippen LogP contribution in [0.25, 0.3) is 11.3 Å². The lowest BCUT2D eigenvalue weighted by Crippen LogP contribution is -2.41. The maximum Gasteiger partial charge on any atom is 0.262 e.